The second-order valence-corrected chi connectivity index (χ2v) is 3.50. The Bertz CT molecular complexity index is 434. The van der Waals surface area contributed by atoms with E-state index in [1.54, 1.807) is 0 Å². The number of hydrogen-bond acceptors (Lipinski definition) is 0. The standard InChI is InChI=1S/C10H8.C6H6.5C2H6/c1-2-6-10-8-4-3-7-9(10)5-1;1-2-4-6-5-3-1;5*1-2/h1-8H;1-6H;5*1-2H3. The van der Waals surface area contributed by atoms with E-state index in [0.717, 1.165) is 0 Å². The molecule has 0 heterocycles. The predicted octanol–water partition coefficient (Wildman–Crippen LogP) is 9.66. The number of rotatable bonds is 0. The maximum Gasteiger partial charge on any atom is -0.0184 e. The largest absolute Gasteiger partial charge is 0.0683 e. The van der Waals surface area contributed by atoms with Gasteiger partial charge in [-0.2, -0.15) is 0 Å². The van der Waals surface area contributed by atoms with Gasteiger partial charge in [-0.05, 0) is 10.8 Å². The number of fused-ring (bicyclic) bond motifs is 1. The van der Waals surface area contributed by atoms with Gasteiger partial charge in [-0.1, -0.05) is 154 Å². The second-order valence-electron chi connectivity index (χ2n) is 3.50. The fourth-order valence-electron chi connectivity index (χ4n) is 1.52. The van der Waals surface area contributed by atoms with Crippen molar-refractivity contribution in [1.82, 2.24) is 0 Å². The SMILES string of the molecule is CC.CC.CC.CC.CC.c1ccc2ccccc2c1.c1ccccc1. The van der Waals surface area contributed by atoms with Crippen molar-refractivity contribution in [3.05, 3.63) is 84.9 Å². The van der Waals surface area contributed by atoms with Crippen LogP contribution in [0.25, 0.3) is 10.8 Å². The average Bonchev–Trinajstić information content (AvgIpc) is 2.82. The molecule has 0 radical (unpaired) electrons. The molecule has 0 fully saturated rings. The van der Waals surface area contributed by atoms with Gasteiger partial charge in [0.2, 0.25) is 0 Å². The average molecular weight is 357 g/mol. The zero-order chi connectivity index (χ0) is 21.1. The molecule has 0 N–H and O–H groups in total. The minimum atomic E-state index is 1.31. The van der Waals surface area contributed by atoms with Crippen LogP contribution in [0, 0.1) is 0 Å². The van der Waals surface area contributed by atoms with Crippen LogP contribution in [0.15, 0.2) is 84.9 Å². The van der Waals surface area contributed by atoms with Crippen molar-refractivity contribution in [3.63, 3.8) is 0 Å². The second kappa shape index (κ2) is 34.3. The Morgan fingerprint density at radius 1 is 0.269 bits per heavy atom. The zero-order valence-corrected chi connectivity index (χ0v) is 19.1. The van der Waals surface area contributed by atoms with Gasteiger partial charge in [0.25, 0.3) is 0 Å². The van der Waals surface area contributed by atoms with Gasteiger partial charge in [-0.3, -0.25) is 0 Å². The summed E-state index contributed by atoms with van der Waals surface area (Å²) >= 11 is 0. The summed E-state index contributed by atoms with van der Waals surface area (Å²) in [5, 5.41) is 2.62. The molecule has 0 aliphatic carbocycles. The Morgan fingerprint density at radius 3 is 0.577 bits per heavy atom. The van der Waals surface area contributed by atoms with Gasteiger partial charge in [0.1, 0.15) is 0 Å². The molecule has 0 heteroatoms. The molecule has 0 saturated carbocycles. The summed E-state index contributed by atoms with van der Waals surface area (Å²) in [6.45, 7) is 20.0. The molecular weight excluding hydrogens is 312 g/mol. The molecule has 0 amide bonds. The van der Waals surface area contributed by atoms with E-state index in [4.69, 9.17) is 0 Å². The molecule has 0 aromatic heterocycles. The molecule has 26 heavy (non-hydrogen) atoms. The normalized spacial score (nSPS) is 6.85. The van der Waals surface area contributed by atoms with E-state index >= 15 is 0 Å². The van der Waals surface area contributed by atoms with Crippen molar-refractivity contribution in [2.45, 2.75) is 69.2 Å². The third-order valence-electron chi connectivity index (χ3n) is 2.33. The fraction of sp³-hybridized carbons (Fsp3) is 0.385. The molecule has 0 nitrogen and oxygen atoms in total. The fourth-order valence-corrected chi connectivity index (χ4v) is 1.52. The van der Waals surface area contributed by atoms with Crippen molar-refractivity contribution in [2.24, 2.45) is 0 Å². The maximum atomic E-state index is 2.12. The lowest BCUT2D eigenvalue weighted by atomic mass is 10.1. The van der Waals surface area contributed by atoms with Crippen LogP contribution in [0.1, 0.15) is 69.2 Å². The van der Waals surface area contributed by atoms with Crippen LogP contribution >= 0.6 is 0 Å². The molecule has 0 spiro atoms. The molecule has 0 unspecified atom stereocenters. The highest BCUT2D eigenvalue weighted by Gasteiger charge is 1.85. The van der Waals surface area contributed by atoms with Gasteiger partial charge in [0.15, 0.2) is 0 Å². The molecular formula is C26H44. The highest BCUT2D eigenvalue weighted by molar-refractivity contribution is 5.81. The van der Waals surface area contributed by atoms with Crippen LogP contribution < -0.4 is 0 Å². The van der Waals surface area contributed by atoms with Crippen LogP contribution in [-0.4, -0.2) is 0 Å². The Balaban J connectivity index is -0.000000132. The van der Waals surface area contributed by atoms with Crippen molar-refractivity contribution in [2.75, 3.05) is 0 Å². The summed E-state index contributed by atoms with van der Waals surface area (Å²) in [5.74, 6) is 0. The topological polar surface area (TPSA) is 0 Å². The van der Waals surface area contributed by atoms with Crippen LogP contribution in [0.4, 0.5) is 0 Å². The molecule has 0 bridgehead atoms. The van der Waals surface area contributed by atoms with E-state index in [1.165, 1.54) is 10.8 Å². The number of benzene rings is 3. The lowest BCUT2D eigenvalue weighted by molar-refractivity contribution is 1.50. The van der Waals surface area contributed by atoms with Gasteiger partial charge >= 0.3 is 0 Å². The first kappa shape index (κ1) is 31.7. The van der Waals surface area contributed by atoms with E-state index in [0.29, 0.717) is 0 Å². The third kappa shape index (κ3) is 20.0. The smallest absolute Gasteiger partial charge is 0.0184 e. The van der Waals surface area contributed by atoms with Crippen LogP contribution in [-0.2, 0) is 0 Å². The van der Waals surface area contributed by atoms with E-state index in [-0.39, 0.29) is 0 Å². The van der Waals surface area contributed by atoms with Crippen molar-refractivity contribution in [1.29, 1.82) is 0 Å². The van der Waals surface area contributed by atoms with Crippen LogP contribution in [0.3, 0.4) is 0 Å². The van der Waals surface area contributed by atoms with Gasteiger partial charge in [-0.25, -0.2) is 0 Å². The van der Waals surface area contributed by atoms with Gasteiger partial charge < -0.3 is 0 Å². The summed E-state index contributed by atoms with van der Waals surface area (Å²) in [5.41, 5.74) is 0. The summed E-state index contributed by atoms with van der Waals surface area (Å²) in [6, 6.07) is 28.7. The van der Waals surface area contributed by atoms with E-state index < -0.39 is 0 Å². The molecule has 148 valence electrons. The van der Waals surface area contributed by atoms with Gasteiger partial charge in [0.05, 0.1) is 0 Å². The van der Waals surface area contributed by atoms with Gasteiger partial charge in [-0.15, -0.1) is 0 Å². The Hall–Kier alpha value is -2.08. The lowest BCUT2D eigenvalue weighted by Crippen LogP contribution is -1.67. The van der Waals surface area contributed by atoms with Crippen molar-refractivity contribution in [3.8, 4) is 0 Å². The van der Waals surface area contributed by atoms with Crippen LogP contribution in [0.2, 0.25) is 0 Å². The molecule has 0 aliphatic heterocycles. The third-order valence-corrected chi connectivity index (χ3v) is 2.33. The first-order valence-corrected chi connectivity index (χ1v) is 10.4. The Labute approximate surface area is 165 Å². The molecule has 3 aromatic carbocycles. The quantitative estimate of drug-likeness (QED) is 0.376. The molecule has 0 aliphatic rings. The zero-order valence-electron chi connectivity index (χ0n) is 19.1. The monoisotopic (exact) mass is 356 g/mol. The minimum absolute atomic E-state index is 1.31. The molecule has 0 atom stereocenters. The number of hydrogen-bond donors (Lipinski definition) is 0. The summed E-state index contributed by atoms with van der Waals surface area (Å²) in [4.78, 5) is 0. The first-order valence-electron chi connectivity index (χ1n) is 10.4. The van der Waals surface area contributed by atoms with Crippen molar-refractivity contribution < 1.29 is 0 Å². The maximum absolute atomic E-state index is 2.12. The molecule has 3 rings (SSSR count). The Kier molecular flexibility index (Phi) is 41.8. The lowest BCUT2D eigenvalue weighted by Gasteiger charge is -1.92. The molecule has 0 saturated heterocycles. The highest BCUT2D eigenvalue weighted by atomic mass is 13.9. The summed E-state index contributed by atoms with van der Waals surface area (Å²) < 4.78 is 0. The first-order chi connectivity index (χ1) is 13.0. The van der Waals surface area contributed by atoms with Crippen LogP contribution in [0.5, 0.6) is 0 Å². The summed E-state index contributed by atoms with van der Waals surface area (Å²) in [6.07, 6.45) is 0. The van der Waals surface area contributed by atoms with E-state index in [9.17, 15) is 0 Å². The summed E-state index contributed by atoms with van der Waals surface area (Å²) in [7, 11) is 0. The Morgan fingerprint density at radius 2 is 0.423 bits per heavy atom. The predicted molar refractivity (Wildman–Crippen MR) is 127 cm³/mol. The van der Waals surface area contributed by atoms with Gasteiger partial charge in [0, 0.05) is 0 Å². The van der Waals surface area contributed by atoms with Crippen molar-refractivity contribution >= 4 is 10.8 Å². The van der Waals surface area contributed by atoms with E-state index in [2.05, 4.69) is 48.5 Å². The highest BCUT2D eigenvalue weighted by Crippen LogP contribution is 2.11. The van der Waals surface area contributed by atoms with E-state index in [1.807, 2.05) is 106 Å². The minimum Gasteiger partial charge on any atom is -0.0683 e. The molecule has 3 aromatic rings.